The van der Waals surface area contributed by atoms with E-state index in [0.717, 1.165) is 43.3 Å². The number of carbonyl (C=O) groups is 1. The number of hydrogen-bond donors (Lipinski definition) is 0. The molecule has 126 valence electrons. The Hall–Kier alpha value is -1.89. The van der Waals surface area contributed by atoms with Crippen LogP contribution in [0, 0.1) is 0 Å². The van der Waals surface area contributed by atoms with E-state index in [2.05, 4.69) is 0 Å². The maximum Gasteiger partial charge on any atom is 0.331 e. The molecule has 3 heterocycles. The van der Waals surface area contributed by atoms with Gasteiger partial charge in [0.1, 0.15) is 5.69 Å². The maximum atomic E-state index is 12.8. The van der Waals surface area contributed by atoms with Crippen molar-refractivity contribution < 1.29 is 9.53 Å². The fraction of sp³-hybridized carbons (Fsp3) is 0.688. The third-order valence-corrected chi connectivity index (χ3v) is 5.12. The number of hydrogen-bond acceptors (Lipinski definition) is 4. The summed E-state index contributed by atoms with van der Waals surface area (Å²) in [5.41, 5.74) is -0.859. The number of aromatic nitrogens is 2. The number of amides is 1. The summed E-state index contributed by atoms with van der Waals surface area (Å²) in [4.78, 5) is 38.3. The molecule has 2 fully saturated rings. The second-order valence-corrected chi connectivity index (χ2v) is 6.55. The summed E-state index contributed by atoms with van der Waals surface area (Å²) in [7, 11) is 2.93. The van der Waals surface area contributed by atoms with Crippen LogP contribution in [0.25, 0.3) is 0 Å². The van der Waals surface area contributed by atoms with E-state index < -0.39 is 11.2 Å². The summed E-state index contributed by atoms with van der Waals surface area (Å²) >= 11 is 0. The maximum absolute atomic E-state index is 12.8. The third kappa shape index (κ3) is 2.85. The fourth-order valence-electron chi connectivity index (χ4n) is 3.62. The van der Waals surface area contributed by atoms with E-state index in [1.807, 2.05) is 0 Å². The molecule has 0 unspecified atom stereocenters. The van der Waals surface area contributed by atoms with Crippen molar-refractivity contribution in [3.63, 3.8) is 0 Å². The molecule has 23 heavy (non-hydrogen) atoms. The number of rotatable bonds is 1. The van der Waals surface area contributed by atoms with Crippen molar-refractivity contribution in [3.05, 3.63) is 32.6 Å². The summed E-state index contributed by atoms with van der Waals surface area (Å²) in [6, 6.07) is 1.25. The first-order valence-electron chi connectivity index (χ1n) is 8.14. The van der Waals surface area contributed by atoms with Gasteiger partial charge in [-0.2, -0.15) is 0 Å². The number of ether oxygens (including phenoxy) is 1. The van der Waals surface area contributed by atoms with Crippen molar-refractivity contribution in [2.24, 2.45) is 14.1 Å². The minimum absolute atomic E-state index is 0.0757. The van der Waals surface area contributed by atoms with Crippen LogP contribution in [0.15, 0.2) is 15.7 Å². The summed E-state index contributed by atoms with van der Waals surface area (Å²) in [6.45, 7) is 2.03. The van der Waals surface area contributed by atoms with E-state index in [4.69, 9.17) is 4.74 Å². The molecule has 0 bridgehead atoms. The minimum Gasteiger partial charge on any atom is -0.375 e. The Morgan fingerprint density at radius 2 is 1.83 bits per heavy atom. The Morgan fingerprint density at radius 3 is 2.52 bits per heavy atom. The van der Waals surface area contributed by atoms with E-state index in [9.17, 15) is 14.4 Å². The summed E-state index contributed by atoms with van der Waals surface area (Å²) < 4.78 is 8.17. The highest BCUT2D eigenvalue weighted by atomic mass is 16.5. The summed E-state index contributed by atoms with van der Waals surface area (Å²) in [6.07, 6.45) is 4.80. The van der Waals surface area contributed by atoms with Gasteiger partial charge in [0.15, 0.2) is 0 Å². The van der Waals surface area contributed by atoms with Gasteiger partial charge in [0.05, 0.1) is 5.60 Å². The molecular weight excluding hydrogens is 298 g/mol. The Bertz CT molecular complexity index is 728. The first kappa shape index (κ1) is 16.0. The zero-order valence-electron chi connectivity index (χ0n) is 13.7. The van der Waals surface area contributed by atoms with Crippen LogP contribution in [0.1, 0.15) is 42.6 Å². The van der Waals surface area contributed by atoms with E-state index in [1.54, 1.807) is 4.90 Å². The fourth-order valence-corrected chi connectivity index (χ4v) is 3.62. The molecule has 0 aromatic carbocycles. The van der Waals surface area contributed by atoms with Crippen molar-refractivity contribution in [1.82, 2.24) is 14.0 Å². The second kappa shape index (κ2) is 5.96. The molecule has 3 rings (SSSR count). The second-order valence-electron chi connectivity index (χ2n) is 6.55. The zero-order chi connectivity index (χ0) is 16.6. The molecule has 0 radical (unpaired) electrons. The van der Waals surface area contributed by atoms with E-state index in [-0.39, 0.29) is 17.2 Å². The molecule has 1 aromatic rings. The number of likely N-dealkylation sites (tertiary alicyclic amines) is 1. The minimum atomic E-state index is -0.480. The van der Waals surface area contributed by atoms with Gasteiger partial charge in [0.2, 0.25) is 0 Å². The van der Waals surface area contributed by atoms with Crippen molar-refractivity contribution in [3.8, 4) is 0 Å². The van der Waals surface area contributed by atoms with Crippen LogP contribution >= 0.6 is 0 Å². The van der Waals surface area contributed by atoms with Crippen LogP contribution in [-0.2, 0) is 18.8 Å². The Labute approximate surface area is 134 Å². The predicted molar refractivity (Wildman–Crippen MR) is 84.6 cm³/mol. The van der Waals surface area contributed by atoms with Gasteiger partial charge in [-0.25, -0.2) is 4.79 Å². The van der Waals surface area contributed by atoms with Gasteiger partial charge < -0.3 is 9.64 Å². The van der Waals surface area contributed by atoms with E-state index in [1.165, 1.54) is 24.7 Å². The van der Waals surface area contributed by atoms with Gasteiger partial charge in [-0.3, -0.25) is 18.7 Å². The molecule has 0 saturated carbocycles. The van der Waals surface area contributed by atoms with Crippen molar-refractivity contribution >= 4 is 5.91 Å². The predicted octanol–water partition coefficient (Wildman–Crippen LogP) is 0.259. The van der Waals surface area contributed by atoms with Crippen LogP contribution in [0.3, 0.4) is 0 Å². The highest BCUT2D eigenvalue weighted by Gasteiger charge is 2.37. The SMILES string of the molecule is Cn1c(C(=O)N2CCC[C@]3(CCCO3)CC2)cc(=O)n(C)c1=O. The lowest BCUT2D eigenvalue weighted by atomic mass is 9.92. The van der Waals surface area contributed by atoms with Crippen LogP contribution in [0.2, 0.25) is 0 Å². The first-order valence-corrected chi connectivity index (χ1v) is 8.14. The van der Waals surface area contributed by atoms with Gasteiger partial charge in [-0.1, -0.05) is 0 Å². The topological polar surface area (TPSA) is 73.5 Å². The zero-order valence-corrected chi connectivity index (χ0v) is 13.7. The Morgan fingerprint density at radius 1 is 1.09 bits per heavy atom. The summed E-state index contributed by atoms with van der Waals surface area (Å²) in [5, 5.41) is 0. The van der Waals surface area contributed by atoms with E-state index >= 15 is 0 Å². The lowest BCUT2D eigenvalue weighted by Crippen LogP contribution is -2.42. The highest BCUT2D eigenvalue weighted by molar-refractivity contribution is 5.92. The van der Waals surface area contributed by atoms with Gasteiger partial charge >= 0.3 is 5.69 Å². The van der Waals surface area contributed by atoms with Crippen molar-refractivity contribution in [1.29, 1.82) is 0 Å². The molecule has 1 amide bonds. The van der Waals surface area contributed by atoms with Crippen molar-refractivity contribution in [2.45, 2.75) is 37.7 Å². The quantitative estimate of drug-likeness (QED) is 0.744. The lowest BCUT2D eigenvalue weighted by molar-refractivity contribution is -0.00693. The average Bonchev–Trinajstić information content (AvgIpc) is 2.89. The van der Waals surface area contributed by atoms with Gasteiger partial charge in [-0.05, 0) is 32.1 Å². The normalized spacial score (nSPS) is 24.9. The average molecular weight is 321 g/mol. The van der Waals surface area contributed by atoms with Crippen molar-refractivity contribution in [2.75, 3.05) is 19.7 Å². The molecule has 2 aliphatic heterocycles. The standard InChI is InChI=1S/C16H23N3O4/c1-17-12(11-13(20)18(2)15(17)22)14(21)19-8-3-5-16(7-9-19)6-4-10-23-16/h11H,3-10H2,1-2H3/t16-/m0/s1. The van der Waals surface area contributed by atoms with E-state index in [0.29, 0.717) is 13.1 Å². The van der Waals surface area contributed by atoms with Crippen LogP contribution in [-0.4, -0.2) is 45.2 Å². The van der Waals surface area contributed by atoms with Gasteiger partial charge in [-0.15, -0.1) is 0 Å². The smallest absolute Gasteiger partial charge is 0.331 e. The molecule has 1 spiro atoms. The Kier molecular flexibility index (Phi) is 4.14. The van der Waals surface area contributed by atoms with Gasteiger partial charge in [0.25, 0.3) is 11.5 Å². The van der Waals surface area contributed by atoms with Crippen LogP contribution < -0.4 is 11.2 Å². The molecular formula is C16H23N3O4. The number of nitrogens with zero attached hydrogens (tertiary/aromatic N) is 3. The molecule has 0 aliphatic carbocycles. The lowest BCUT2D eigenvalue weighted by Gasteiger charge is -2.27. The number of carbonyl (C=O) groups excluding carboxylic acids is 1. The third-order valence-electron chi connectivity index (χ3n) is 5.12. The Balaban J connectivity index is 1.84. The largest absolute Gasteiger partial charge is 0.375 e. The first-order chi connectivity index (χ1) is 10.9. The van der Waals surface area contributed by atoms with Gasteiger partial charge in [0, 0.05) is 39.9 Å². The summed E-state index contributed by atoms with van der Waals surface area (Å²) in [5.74, 6) is -0.252. The molecule has 2 saturated heterocycles. The molecule has 7 nitrogen and oxygen atoms in total. The molecule has 2 aliphatic rings. The molecule has 0 N–H and O–H groups in total. The van der Waals surface area contributed by atoms with Crippen LogP contribution in [0.5, 0.6) is 0 Å². The highest BCUT2D eigenvalue weighted by Crippen LogP contribution is 2.35. The molecule has 1 atom stereocenters. The molecule has 7 heteroatoms. The van der Waals surface area contributed by atoms with Crippen LogP contribution in [0.4, 0.5) is 0 Å². The monoisotopic (exact) mass is 321 g/mol. The molecule has 1 aromatic heterocycles.